The van der Waals surface area contributed by atoms with E-state index in [4.69, 9.17) is 0 Å². The number of rotatable bonds is 5. The number of nitrogens with zero attached hydrogens (tertiary/aromatic N) is 3. The van der Waals surface area contributed by atoms with E-state index in [1.807, 2.05) is 11.3 Å². The molecule has 0 aliphatic carbocycles. The van der Waals surface area contributed by atoms with Crippen LogP contribution in [-0.4, -0.2) is 6.71 Å². The van der Waals surface area contributed by atoms with E-state index in [0.717, 1.165) is 28.4 Å². The van der Waals surface area contributed by atoms with Crippen LogP contribution in [0.1, 0.15) is 79.0 Å². The molecule has 65 heavy (non-hydrogen) atoms. The topological polar surface area (TPSA) is 9.72 Å². The number of hydrogen-bond acceptors (Lipinski definition) is 4. The molecule has 2 aliphatic rings. The Balaban J connectivity index is 1.22. The molecule has 0 atom stereocenters. The van der Waals surface area contributed by atoms with E-state index < -0.39 is 0 Å². The molecular formula is C60H56BN3S. The third-order valence-corrected chi connectivity index (χ3v) is 14.9. The van der Waals surface area contributed by atoms with Crippen molar-refractivity contribution < 1.29 is 0 Å². The summed E-state index contributed by atoms with van der Waals surface area (Å²) >= 11 is 1.87. The molecule has 0 radical (unpaired) electrons. The Kier molecular flexibility index (Phi) is 9.50. The van der Waals surface area contributed by atoms with E-state index in [2.05, 4.69) is 253 Å². The quantitative estimate of drug-likeness (QED) is 0.160. The van der Waals surface area contributed by atoms with Crippen LogP contribution in [0.25, 0.3) is 20.2 Å². The van der Waals surface area contributed by atoms with Crippen molar-refractivity contribution in [2.45, 2.75) is 78.6 Å². The summed E-state index contributed by atoms with van der Waals surface area (Å²) in [5.41, 5.74) is 18.4. The summed E-state index contributed by atoms with van der Waals surface area (Å²) in [5.74, 6) is 0. The Morgan fingerprint density at radius 2 is 0.815 bits per heavy atom. The summed E-state index contributed by atoms with van der Waals surface area (Å²) in [4.78, 5) is 7.56. The Morgan fingerprint density at radius 3 is 1.32 bits per heavy atom. The predicted molar refractivity (Wildman–Crippen MR) is 284 cm³/mol. The first-order chi connectivity index (χ1) is 31.1. The molecule has 0 N–H and O–H groups in total. The highest BCUT2D eigenvalue weighted by Gasteiger charge is 2.44. The van der Waals surface area contributed by atoms with Gasteiger partial charge in [-0.05, 0) is 128 Å². The molecule has 3 heterocycles. The zero-order valence-corrected chi connectivity index (χ0v) is 39.9. The minimum Gasteiger partial charge on any atom is -0.311 e. The second kappa shape index (κ2) is 15.0. The zero-order valence-electron chi connectivity index (χ0n) is 39.1. The highest BCUT2D eigenvalue weighted by Crippen LogP contribution is 2.49. The van der Waals surface area contributed by atoms with Crippen molar-refractivity contribution in [2.24, 2.45) is 0 Å². The molecule has 11 rings (SSSR count). The molecule has 1 aromatic heterocycles. The van der Waals surface area contributed by atoms with Crippen molar-refractivity contribution in [1.29, 1.82) is 0 Å². The average molecular weight is 862 g/mol. The van der Waals surface area contributed by atoms with Crippen LogP contribution in [0.3, 0.4) is 0 Å². The van der Waals surface area contributed by atoms with Gasteiger partial charge >= 0.3 is 0 Å². The molecule has 0 amide bonds. The van der Waals surface area contributed by atoms with Crippen LogP contribution in [0.15, 0.2) is 176 Å². The van der Waals surface area contributed by atoms with Gasteiger partial charge in [-0.3, -0.25) is 0 Å². The molecule has 0 spiro atoms. The van der Waals surface area contributed by atoms with Gasteiger partial charge in [0.05, 0.1) is 5.69 Å². The van der Waals surface area contributed by atoms with E-state index in [0.29, 0.717) is 0 Å². The summed E-state index contributed by atoms with van der Waals surface area (Å²) in [6, 6.07) is 66.8. The van der Waals surface area contributed by atoms with Crippen molar-refractivity contribution in [3.05, 3.63) is 193 Å². The Labute approximate surface area is 389 Å². The number of anilines is 9. The maximum Gasteiger partial charge on any atom is 0.252 e. The van der Waals surface area contributed by atoms with Crippen LogP contribution >= 0.6 is 11.3 Å². The van der Waals surface area contributed by atoms with Crippen LogP contribution in [0.2, 0.25) is 0 Å². The first-order valence-corrected chi connectivity index (χ1v) is 23.9. The molecule has 9 aromatic rings. The van der Waals surface area contributed by atoms with Crippen LogP contribution < -0.4 is 31.1 Å². The van der Waals surface area contributed by atoms with Crippen LogP contribution in [0.5, 0.6) is 0 Å². The number of fused-ring (bicyclic) bond motifs is 7. The number of hydrogen-bond donors (Lipinski definition) is 0. The largest absolute Gasteiger partial charge is 0.311 e. The molecular weight excluding hydrogens is 806 g/mol. The van der Waals surface area contributed by atoms with E-state index in [1.165, 1.54) is 76.0 Å². The second-order valence-electron chi connectivity index (χ2n) is 21.1. The van der Waals surface area contributed by atoms with Gasteiger partial charge in [-0.1, -0.05) is 159 Å². The molecule has 8 aromatic carbocycles. The summed E-state index contributed by atoms with van der Waals surface area (Å²) in [6.07, 6.45) is 0. The monoisotopic (exact) mass is 861 g/mol. The number of benzene rings is 8. The van der Waals surface area contributed by atoms with Crippen molar-refractivity contribution in [1.82, 2.24) is 0 Å². The third kappa shape index (κ3) is 6.95. The maximum atomic E-state index is 2.53. The fraction of sp³-hybridized carbons (Fsp3) is 0.200. The van der Waals surface area contributed by atoms with Crippen molar-refractivity contribution in [3.63, 3.8) is 0 Å². The lowest BCUT2D eigenvalue weighted by Crippen LogP contribution is -2.61. The van der Waals surface area contributed by atoms with Gasteiger partial charge in [-0.15, -0.1) is 11.3 Å². The predicted octanol–water partition coefficient (Wildman–Crippen LogP) is 15.5. The average Bonchev–Trinajstić information content (AvgIpc) is 3.66. The van der Waals surface area contributed by atoms with Crippen LogP contribution in [0, 0.1) is 0 Å². The van der Waals surface area contributed by atoms with E-state index >= 15 is 0 Å². The molecule has 0 fully saturated rings. The lowest BCUT2D eigenvalue weighted by Gasteiger charge is -2.45. The Bertz CT molecular complexity index is 3140. The lowest BCUT2D eigenvalue weighted by molar-refractivity contribution is 0.590. The normalized spacial score (nSPS) is 13.5. The summed E-state index contributed by atoms with van der Waals surface area (Å²) in [6.45, 7) is 20.7. The van der Waals surface area contributed by atoms with Gasteiger partial charge in [0.1, 0.15) is 0 Å². The standard InChI is InChI=1S/C60H56BN3S/c1-58(2,3)39-22-28-42(29-23-39)62(45-34-35-48-47-16-10-15-21-55(47)65-56(48)38-45)46-36-53-57-54(37-46)64(44-32-26-41(27-33-44)60(7,8)9)52-20-14-12-18-50(52)61(57)49-17-11-13-19-51(49)63(53)43-30-24-40(25-31-43)59(4,5)6/h10-38H,1-9H3. The minimum atomic E-state index is 0.0250. The lowest BCUT2D eigenvalue weighted by atomic mass is 9.33. The molecule has 0 bridgehead atoms. The molecule has 3 nitrogen and oxygen atoms in total. The minimum absolute atomic E-state index is 0.0250. The van der Waals surface area contributed by atoms with Crippen molar-refractivity contribution in [3.8, 4) is 0 Å². The second-order valence-corrected chi connectivity index (χ2v) is 22.2. The van der Waals surface area contributed by atoms with Crippen LogP contribution in [0.4, 0.5) is 51.2 Å². The van der Waals surface area contributed by atoms with Gasteiger partial charge in [-0.2, -0.15) is 0 Å². The first-order valence-electron chi connectivity index (χ1n) is 23.1. The molecule has 0 unspecified atom stereocenters. The smallest absolute Gasteiger partial charge is 0.252 e. The third-order valence-electron chi connectivity index (χ3n) is 13.7. The van der Waals surface area contributed by atoms with E-state index in [-0.39, 0.29) is 23.0 Å². The van der Waals surface area contributed by atoms with Gasteiger partial charge in [0, 0.05) is 65.7 Å². The van der Waals surface area contributed by atoms with Gasteiger partial charge in [0.25, 0.3) is 6.71 Å². The number of para-hydroxylation sites is 2. The van der Waals surface area contributed by atoms with Crippen LogP contribution in [-0.2, 0) is 16.2 Å². The maximum absolute atomic E-state index is 2.53. The first kappa shape index (κ1) is 41.2. The zero-order chi connectivity index (χ0) is 45.0. The van der Waals surface area contributed by atoms with Gasteiger partial charge in [0.15, 0.2) is 0 Å². The highest BCUT2D eigenvalue weighted by molar-refractivity contribution is 7.25. The fourth-order valence-corrected chi connectivity index (χ4v) is 11.3. The summed E-state index contributed by atoms with van der Waals surface area (Å²) < 4.78 is 2.59. The molecule has 0 saturated heterocycles. The summed E-state index contributed by atoms with van der Waals surface area (Å²) in [7, 11) is 0. The highest BCUT2D eigenvalue weighted by atomic mass is 32.1. The van der Waals surface area contributed by atoms with Gasteiger partial charge < -0.3 is 14.7 Å². The van der Waals surface area contributed by atoms with Crippen molar-refractivity contribution in [2.75, 3.05) is 14.7 Å². The van der Waals surface area contributed by atoms with Gasteiger partial charge in [0.2, 0.25) is 0 Å². The molecule has 320 valence electrons. The Hall–Kier alpha value is -6.56. The molecule has 2 aliphatic heterocycles. The van der Waals surface area contributed by atoms with E-state index in [9.17, 15) is 0 Å². The van der Waals surface area contributed by atoms with E-state index in [1.54, 1.807) is 0 Å². The SMILES string of the molecule is CC(C)(C)c1ccc(N(c2cc3c4c(c2)N(c2ccc(C(C)(C)C)cc2)c2ccccc2B4c2ccccc2N3c2ccc(C(C)(C)C)cc2)c2ccc3c(c2)sc2ccccc23)cc1. The molecule has 0 saturated carbocycles. The fourth-order valence-electron chi connectivity index (χ4n) is 10.2. The van der Waals surface area contributed by atoms with Crippen molar-refractivity contribution >= 4 is 106 Å². The van der Waals surface area contributed by atoms with Gasteiger partial charge in [-0.25, -0.2) is 0 Å². The molecule has 5 heteroatoms. The summed E-state index contributed by atoms with van der Waals surface area (Å²) in [5, 5.41) is 2.60. The number of thiophene rings is 1. The Morgan fingerprint density at radius 1 is 0.385 bits per heavy atom.